The van der Waals surface area contributed by atoms with Crippen LogP contribution in [0.1, 0.15) is 5.56 Å². The summed E-state index contributed by atoms with van der Waals surface area (Å²) in [6.07, 6.45) is -4.33. The number of hydrogen-bond acceptors (Lipinski definition) is 2. The van der Waals surface area contributed by atoms with Crippen LogP contribution in [0.25, 0.3) is 0 Å². The summed E-state index contributed by atoms with van der Waals surface area (Å²) < 4.78 is 42.9. The monoisotopic (exact) mass is 279 g/mol. The molecule has 6 heteroatoms. The average Bonchev–Trinajstić information content (AvgIpc) is 2.23. The molecule has 0 bridgehead atoms. The minimum absolute atomic E-state index is 0.155. The van der Waals surface area contributed by atoms with Crippen LogP contribution in [-0.2, 0) is 11.3 Å². The first-order valence-electron chi connectivity index (χ1n) is 5.45. The molecule has 0 spiro atoms. The van der Waals surface area contributed by atoms with E-state index in [2.05, 4.69) is 4.74 Å². The van der Waals surface area contributed by atoms with Crippen molar-refractivity contribution < 1.29 is 17.9 Å². The number of halogens is 4. The van der Waals surface area contributed by atoms with Crippen molar-refractivity contribution in [3.8, 4) is 0 Å². The summed E-state index contributed by atoms with van der Waals surface area (Å²) in [6.45, 7) is 0.0946. The Morgan fingerprint density at radius 2 is 1.94 bits per heavy atom. The summed E-state index contributed by atoms with van der Waals surface area (Å²) in [4.78, 5) is 1.66. The van der Waals surface area contributed by atoms with Gasteiger partial charge in [0.05, 0.1) is 0 Å². The zero-order valence-corrected chi connectivity index (χ0v) is 10.6. The fraction of sp³-hybridized carbons (Fsp3) is 0.500. The largest absolute Gasteiger partial charge is 0.419 e. The van der Waals surface area contributed by atoms with Gasteiger partial charge in [0.2, 0.25) is 0 Å². The third-order valence-corrected chi connectivity index (χ3v) is 3.59. The van der Waals surface area contributed by atoms with Crippen LogP contribution in [-0.4, -0.2) is 36.9 Å². The Morgan fingerprint density at radius 1 is 1.33 bits per heavy atom. The second kappa shape index (κ2) is 4.72. The maximum absolute atomic E-state index is 12.8. The molecule has 2 rings (SSSR count). The molecule has 0 radical (unpaired) electrons. The van der Waals surface area contributed by atoms with Gasteiger partial charge in [-0.3, -0.25) is 4.90 Å². The van der Waals surface area contributed by atoms with Crippen molar-refractivity contribution in [3.63, 3.8) is 0 Å². The van der Waals surface area contributed by atoms with Crippen molar-refractivity contribution in [2.45, 2.75) is 18.3 Å². The fourth-order valence-corrected chi connectivity index (χ4v) is 2.28. The number of alkyl halides is 3. The van der Waals surface area contributed by atoms with E-state index >= 15 is 0 Å². The van der Waals surface area contributed by atoms with Crippen molar-refractivity contribution in [3.05, 3.63) is 34.9 Å². The Morgan fingerprint density at radius 3 is 2.44 bits per heavy atom. The van der Waals surface area contributed by atoms with E-state index in [1.807, 2.05) is 12.1 Å². The molecule has 1 saturated heterocycles. The number of hydrogen-bond donors (Lipinski definition) is 0. The van der Waals surface area contributed by atoms with Crippen LogP contribution in [0.5, 0.6) is 0 Å². The van der Waals surface area contributed by atoms with E-state index in [-0.39, 0.29) is 13.1 Å². The topological polar surface area (TPSA) is 12.5 Å². The van der Waals surface area contributed by atoms with E-state index in [1.165, 1.54) is 0 Å². The SMILES string of the molecule is COC1(C(F)(F)F)CN(Cc2ccccc2Cl)C1. The number of likely N-dealkylation sites (tertiary alicyclic amines) is 1. The van der Waals surface area contributed by atoms with Crippen LogP contribution in [0.2, 0.25) is 5.02 Å². The zero-order chi connectivity index (χ0) is 13.4. The first kappa shape index (κ1) is 13.6. The van der Waals surface area contributed by atoms with Crippen LogP contribution < -0.4 is 0 Å². The standard InChI is InChI=1S/C12H13ClF3NO/c1-18-11(12(14,15)16)7-17(8-11)6-9-4-2-3-5-10(9)13/h2-5H,6-8H2,1H3. The van der Waals surface area contributed by atoms with Crippen molar-refractivity contribution in [1.82, 2.24) is 4.90 Å². The molecule has 1 aromatic rings. The van der Waals surface area contributed by atoms with Gasteiger partial charge in [-0.15, -0.1) is 0 Å². The molecule has 0 N–H and O–H groups in total. The summed E-state index contributed by atoms with van der Waals surface area (Å²) in [6, 6.07) is 7.14. The molecule has 0 aliphatic carbocycles. The lowest BCUT2D eigenvalue weighted by atomic mass is 9.92. The molecule has 1 aliphatic rings. The molecular weight excluding hydrogens is 267 g/mol. The molecular formula is C12H13ClF3NO. The summed E-state index contributed by atoms with van der Waals surface area (Å²) in [5, 5.41) is 0.569. The number of methoxy groups -OCH3 is 1. The minimum Gasteiger partial charge on any atom is -0.366 e. The molecule has 0 atom stereocenters. The number of benzene rings is 1. The van der Waals surface area contributed by atoms with E-state index in [1.54, 1.807) is 17.0 Å². The van der Waals surface area contributed by atoms with E-state index in [9.17, 15) is 13.2 Å². The molecule has 1 aromatic carbocycles. The van der Waals surface area contributed by atoms with E-state index < -0.39 is 11.8 Å². The molecule has 0 amide bonds. The summed E-state index contributed by atoms with van der Waals surface area (Å²) in [7, 11) is 1.10. The van der Waals surface area contributed by atoms with Gasteiger partial charge in [0.1, 0.15) is 0 Å². The van der Waals surface area contributed by atoms with Gasteiger partial charge in [0.15, 0.2) is 5.60 Å². The van der Waals surface area contributed by atoms with Crippen LogP contribution in [0.4, 0.5) is 13.2 Å². The van der Waals surface area contributed by atoms with Crippen LogP contribution in [0.3, 0.4) is 0 Å². The smallest absolute Gasteiger partial charge is 0.366 e. The van der Waals surface area contributed by atoms with Crippen molar-refractivity contribution in [2.24, 2.45) is 0 Å². The number of nitrogens with zero attached hydrogens (tertiary/aromatic N) is 1. The van der Waals surface area contributed by atoms with Gasteiger partial charge in [0.25, 0.3) is 0 Å². The van der Waals surface area contributed by atoms with Gasteiger partial charge in [0, 0.05) is 31.8 Å². The Balaban J connectivity index is 2.00. The third kappa shape index (κ3) is 2.35. The molecule has 1 fully saturated rings. The summed E-state index contributed by atoms with van der Waals surface area (Å²) in [5.74, 6) is 0. The maximum atomic E-state index is 12.8. The summed E-state index contributed by atoms with van der Waals surface area (Å²) in [5.41, 5.74) is -1.19. The minimum atomic E-state index is -4.33. The van der Waals surface area contributed by atoms with Crippen molar-refractivity contribution in [1.29, 1.82) is 0 Å². The highest BCUT2D eigenvalue weighted by Gasteiger charge is 2.62. The zero-order valence-electron chi connectivity index (χ0n) is 9.80. The highest BCUT2D eigenvalue weighted by Crippen LogP contribution is 2.41. The normalized spacial score (nSPS) is 19.6. The molecule has 2 nitrogen and oxygen atoms in total. The second-order valence-corrected chi connectivity index (χ2v) is 4.84. The maximum Gasteiger partial charge on any atom is 0.419 e. The van der Waals surface area contributed by atoms with Crippen molar-refractivity contribution in [2.75, 3.05) is 20.2 Å². The molecule has 100 valence electrons. The lowest BCUT2D eigenvalue weighted by molar-refractivity contribution is -0.312. The number of rotatable bonds is 3. The van der Waals surface area contributed by atoms with Crippen LogP contribution >= 0.6 is 11.6 Å². The highest BCUT2D eigenvalue weighted by molar-refractivity contribution is 6.31. The Labute approximate surface area is 108 Å². The van der Waals surface area contributed by atoms with Gasteiger partial charge < -0.3 is 4.74 Å². The average molecular weight is 280 g/mol. The molecule has 1 aliphatic heterocycles. The van der Waals surface area contributed by atoms with E-state index in [4.69, 9.17) is 11.6 Å². The van der Waals surface area contributed by atoms with Gasteiger partial charge in [-0.25, -0.2) is 0 Å². The van der Waals surface area contributed by atoms with Gasteiger partial charge in [-0.2, -0.15) is 13.2 Å². The predicted octanol–water partition coefficient (Wildman–Crippen LogP) is 3.10. The Bertz CT molecular complexity index is 430. The molecule has 1 heterocycles. The van der Waals surface area contributed by atoms with Crippen molar-refractivity contribution >= 4 is 11.6 Å². The van der Waals surface area contributed by atoms with E-state index in [0.717, 1.165) is 12.7 Å². The van der Waals surface area contributed by atoms with Gasteiger partial charge >= 0.3 is 6.18 Å². The Hall–Kier alpha value is -0.780. The first-order valence-corrected chi connectivity index (χ1v) is 5.83. The number of ether oxygens (including phenoxy) is 1. The predicted molar refractivity (Wildman–Crippen MR) is 62.5 cm³/mol. The molecule has 0 aromatic heterocycles. The third-order valence-electron chi connectivity index (χ3n) is 3.22. The quantitative estimate of drug-likeness (QED) is 0.843. The second-order valence-electron chi connectivity index (χ2n) is 4.43. The highest BCUT2D eigenvalue weighted by atomic mass is 35.5. The first-order chi connectivity index (χ1) is 8.38. The van der Waals surface area contributed by atoms with Gasteiger partial charge in [-0.1, -0.05) is 29.8 Å². The molecule has 0 saturated carbocycles. The molecule has 18 heavy (non-hydrogen) atoms. The Kier molecular flexibility index (Phi) is 3.58. The van der Waals surface area contributed by atoms with Crippen LogP contribution in [0.15, 0.2) is 24.3 Å². The lowest BCUT2D eigenvalue weighted by Crippen LogP contribution is -2.69. The summed E-state index contributed by atoms with van der Waals surface area (Å²) >= 11 is 5.96. The van der Waals surface area contributed by atoms with E-state index in [0.29, 0.717) is 11.6 Å². The van der Waals surface area contributed by atoms with Crippen LogP contribution in [0, 0.1) is 0 Å². The van der Waals surface area contributed by atoms with Gasteiger partial charge in [-0.05, 0) is 11.6 Å². The fourth-order valence-electron chi connectivity index (χ4n) is 2.08. The lowest BCUT2D eigenvalue weighted by Gasteiger charge is -2.49. The molecule has 0 unspecified atom stereocenters.